The van der Waals surface area contributed by atoms with Crippen molar-refractivity contribution in [3.8, 4) is 0 Å². The van der Waals surface area contributed by atoms with Crippen LogP contribution in [0, 0.1) is 11.8 Å². The van der Waals surface area contributed by atoms with Crippen molar-refractivity contribution in [3.63, 3.8) is 0 Å². The van der Waals surface area contributed by atoms with Crippen molar-refractivity contribution in [2.75, 3.05) is 18.6 Å². The molecule has 2 saturated heterocycles. The highest BCUT2D eigenvalue weighted by Crippen LogP contribution is 2.67. The number of likely N-dealkylation sites (tertiary alicyclic amines) is 1. The van der Waals surface area contributed by atoms with Crippen LogP contribution in [-0.2, 0) is 8.87 Å². The highest BCUT2D eigenvalue weighted by molar-refractivity contribution is 8.20. The van der Waals surface area contributed by atoms with Gasteiger partial charge in [-0.2, -0.15) is 0 Å². The molecule has 1 aliphatic carbocycles. The van der Waals surface area contributed by atoms with Crippen LogP contribution < -0.4 is 0 Å². The SMILES string of the molecule is CCC1[C@@H]2c3c([nH]c4ccccc34)C3(SCCS3)[C@H]1CC(=O)N2C. The summed E-state index contributed by atoms with van der Waals surface area (Å²) in [6.07, 6.45) is 1.83. The van der Waals surface area contributed by atoms with Crippen molar-refractivity contribution >= 4 is 40.3 Å². The van der Waals surface area contributed by atoms with Crippen molar-refractivity contribution in [1.82, 2.24) is 9.88 Å². The van der Waals surface area contributed by atoms with Crippen LogP contribution in [0.2, 0.25) is 0 Å². The molecule has 2 fully saturated rings. The second-order valence-corrected chi connectivity index (χ2v) is 10.1. The van der Waals surface area contributed by atoms with E-state index in [0.29, 0.717) is 24.2 Å². The highest BCUT2D eigenvalue weighted by Gasteiger charge is 2.59. The summed E-state index contributed by atoms with van der Waals surface area (Å²) < 4.78 is 0.0441. The third-order valence-electron chi connectivity index (χ3n) is 6.19. The summed E-state index contributed by atoms with van der Waals surface area (Å²) in [6, 6.07) is 8.85. The molecule has 0 saturated carbocycles. The number of thioether (sulfide) groups is 2. The number of hydrogen-bond donors (Lipinski definition) is 1. The van der Waals surface area contributed by atoms with Gasteiger partial charge in [-0.1, -0.05) is 31.5 Å². The molecule has 1 N–H and O–H groups in total. The Kier molecular flexibility index (Phi) is 3.30. The van der Waals surface area contributed by atoms with Gasteiger partial charge in [-0.05, 0) is 12.0 Å². The Morgan fingerprint density at radius 2 is 2.04 bits per heavy atom. The molecule has 126 valence electrons. The normalized spacial score (nSPS) is 31.0. The third-order valence-corrected chi connectivity index (χ3v) is 9.85. The maximum atomic E-state index is 12.8. The molecular weight excluding hydrogens is 336 g/mol. The minimum absolute atomic E-state index is 0.0441. The molecule has 24 heavy (non-hydrogen) atoms. The lowest BCUT2D eigenvalue weighted by Crippen LogP contribution is -2.53. The minimum Gasteiger partial charge on any atom is -0.356 e. The van der Waals surface area contributed by atoms with E-state index in [1.54, 1.807) is 0 Å². The molecule has 3 atom stereocenters. The average molecular weight is 359 g/mol. The zero-order valence-corrected chi connectivity index (χ0v) is 15.7. The van der Waals surface area contributed by atoms with E-state index in [1.807, 2.05) is 11.9 Å². The van der Waals surface area contributed by atoms with Gasteiger partial charge in [0.05, 0.1) is 6.04 Å². The van der Waals surface area contributed by atoms with Crippen LogP contribution in [0.5, 0.6) is 0 Å². The first-order valence-electron chi connectivity index (χ1n) is 8.82. The van der Waals surface area contributed by atoms with E-state index < -0.39 is 0 Å². The number of piperidine rings is 1. The van der Waals surface area contributed by atoms with Crippen LogP contribution in [0.1, 0.15) is 37.1 Å². The molecule has 3 nitrogen and oxygen atoms in total. The molecule has 5 heteroatoms. The van der Waals surface area contributed by atoms with E-state index in [2.05, 4.69) is 59.7 Å². The van der Waals surface area contributed by atoms with Crippen molar-refractivity contribution in [3.05, 3.63) is 35.5 Å². The summed E-state index contributed by atoms with van der Waals surface area (Å²) in [5.74, 6) is 3.67. The number of nitrogens with one attached hydrogen (secondary N) is 1. The van der Waals surface area contributed by atoms with E-state index in [-0.39, 0.29) is 10.1 Å². The molecule has 1 amide bonds. The van der Waals surface area contributed by atoms with Crippen LogP contribution in [0.15, 0.2) is 24.3 Å². The fraction of sp³-hybridized carbons (Fsp3) is 0.526. The van der Waals surface area contributed by atoms with E-state index in [0.717, 1.165) is 6.42 Å². The molecule has 1 spiro atoms. The lowest BCUT2D eigenvalue weighted by atomic mass is 9.67. The second-order valence-electron chi connectivity index (χ2n) is 7.16. The Bertz CT molecular complexity index is 824. The van der Waals surface area contributed by atoms with Gasteiger partial charge in [-0.25, -0.2) is 0 Å². The molecule has 0 radical (unpaired) electrons. The van der Waals surface area contributed by atoms with E-state index >= 15 is 0 Å². The molecular formula is C19H22N2OS2. The van der Waals surface area contributed by atoms with Crippen molar-refractivity contribution in [2.24, 2.45) is 11.8 Å². The van der Waals surface area contributed by atoms with E-state index in [1.165, 1.54) is 33.7 Å². The molecule has 3 heterocycles. The number of amides is 1. The van der Waals surface area contributed by atoms with Gasteiger partial charge >= 0.3 is 0 Å². The number of H-pyrrole nitrogens is 1. The van der Waals surface area contributed by atoms with Crippen LogP contribution in [0.25, 0.3) is 10.9 Å². The highest BCUT2D eigenvalue weighted by atomic mass is 32.2. The molecule has 1 aromatic carbocycles. The van der Waals surface area contributed by atoms with Crippen molar-refractivity contribution in [1.29, 1.82) is 0 Å². The quantitative estimate of drug-likeness (QED) is 0.823. The smallest absolute Gasteiger partial charge is 0.223 e. The Hall–Kier alpha value is -1.07. The zero-order chi connectivity index (χ0) is 16.5. The van der Waals surface area contributed by atoms with Crippen molar-refractivity contribution in [2.45, 2.75) is 29.9 Å². The standard InChI is InChI=1S/C19H22N2OS2/c1-3-11-13-10-15(22)21(2)17(11)16-12-6-4-5-7-14(12)20-18(16)19(13)23-8-9-24-19/h4-7,11,13,17,20H,3,8-10H2,1-2H3/t11?,13-,17+/m0/s1. The molecule has 1 aromatic heterocycles. The first-order valence-corrected chi connectivity index (χ1v) is 10.8. The molecule has 1 unspecified atom stereocenters. The number of aromatic nitrogens is 1. The maximum absolute atomic E-state index is 12.8. The number of para-hydroxylation sites is 1. The first-order chi connectivity index (χ1) is 11.7. The molecule has 2 aliphatic heterocycles. The Balaban J connectivity index is 1.86. The van der Waals surface area contributed by atoms with Gasteiger partial charge in [-0.3, -0.25) is 4.79 Å². The lowest BCUT2D eigenvalue weighted by molar-refractivity contribution is -0.141. The minimum atomic E-state index is 0.0441. The van der Waals surface area contributed by atoms with Gasteiger partial charge in [-0.15, -0.1) is 23.5 Å². The zero-order valence-electron chi connectivity index (χ0n) is 14.0. The van der Waals surface area contributed by atoms with Gasteiger partial charge in [0.25, 0.3) is 0 Å². The van der Waals surface area contributed by atoms with Crippen LogP contribution in [-0.4, -0.2) is 34.3 Å². The number of aromatic amines is 1. The Morgan fingerprint density at radius 1 is 1.29 bits per heavy atom. The fourth-order valence-electron chi connectivity index (χ4n) is 5.20. The monoisotopic (exact) mass is 358 g/mol. The lowest BCUT2D eigenvalue weighted by Gasteiger charge is -2.54. The summed E-state index contributed by atoms with van der Waals surface area (Å²) >= 11 is 4.15. The number of benzene rings is 1. The number of fused-ring (bicyclic) bond motifs is 8. The number of carbonyl (C=O) groups excluding carboxylic acids is 1. The summed E-state index contributed by atoms with van der Waals surface area (Å²) in [5, 5.41) is 1.31. The van der Waals surface area contributed by atoms with Gasteiger partial charge in [0.1, 0.15) is 4.08 Å². The first kappa shape index (κ1) is 15.2. The van der Waals surface area contributed by atoms with E-state index in [4.69, 9.17) is 0 Å². The largest absolute Gasteiger partial charge is 0.356 e. The summed E-state index contributed by atoms with van der Waals surface area (Å²) in [6.45, 7) is 2.30. The average Bonchev–Trinajstić information content (AvgIpc) is 3.22. The van der Waals surface area contributed by atoms with Crippen molar-refractivity contribution < 1.29 is 4.79 Å². The molecule has 5 rings (SSSR count). The second kappa shape index (κ2) is 5.21. The molecule has 2 bridgehead atoms. The summed E-state index contributed by atoms with van der Waals surface area (Å²) in [4.78, 5) is 18.6. The van der Waals surface area contributed by atoms with Gasteiger partial charge in [0, 0.05) is 53.1 Å². The third kappa shape index (κ3) is 1.75. The van der Waals surface area contributed by atoms with Crippen LogP contribution >= 0.6 is 23.5 Å². The van der Waals surface area contributed by atoms with Gasteiger partial charge < -0.3 is 9.88 Å². The van der Waals surface area contributed by atoms with Gasteiger partial charge in [0.15, 0.2) is 0 Å². The van der Waals surface area contributed by atoms with Gasteiger partial charge in [0.2, 0.25) is 5.91 Å². The fourth-order valence-corrected chi connectivity index (χ4v) is 8.86. The number of rotatable bonds is 1. The Labute approximate surface area is 150 Å². The van der Waals surface area contributed by atoms with Crippen LogP contribution in [0.3, 0.4) is 0 Å². The molecule has 2 aromatic rings. The molecule has 3 aliphatic rings. The van der Waals surface area contributed by atoms with Crippen LogP contribution in [0.4, 0.5) is 0 Å². The predicted molar refractivity (Wildman–Crippen MR) is 102 cm³/mol. The summed E-state index contributed by atoms with van der Waals surface area (Å²) in [5.41, 5.74) is 4.01. The van der Waals surface area contributed by atoms with E-state index in [9.17, 15) is 4.79 Å². The number of carbonyl (C=O) groups is 1. The predicted octanol–water partition coefficient (Wildman–Crippen LogP) is 4.36. The topological polar surface area (TPSA) is 36.1 Å². The Morgan fingerprint density at radius 3 is 2.79 bits per heavy atom. The maximum Gasteiger partial charge on any atom is 0.223 e. The number of nitrogens with zero attached hydrogens (tertiary/aromatic N) is 1. The summed E-state index contributed by atoms with van der Waals surface area (Å²) in [7, 11) is 2.00. The number of hydrogen-bond acceptors (Lipinski definition) is 3.